The minimum atomic E-state index is -0.685. The molecule has 1 aromatic carbocycles. The van der Waals surface area contributed by atoms with E-state index in [-0.39, 0.29) is 37.1 Å². The van der Waals surface area contributed by atoms with Gasteiger partial charge in [-0.25, -0.2) is 0 Å². The fourth-order valence-corrected chi connectivity index (χ4v) is 3.32. The lowest BCUT2D eigenvalue weighted by Crippen LogP contribution is -2.40. The average molecular weight is 322 g/mol. The van der Waals surface area contributed by atoms with Crippen molar-refractivity contribution in [1.29, 1.82) is 0 Å². The second-order valence-corrected chi connectivity index (χ2v) is 6.65. The molecular formula is C17H22O6. The van der Waals surface area contributed by atoms with E-state index in [4.69, 9.17) is 23.7 Å². The summed E-state index contributed by atoms with van der Waals surface area (Å²) in [7, 11) is 0. The van der Waals surface area contributed by atoms with E-state index in [1.807, 2.05) is 44.2 Å². The number of fused-ring (bicyclic) bond motifs is 1. The highest BCUT2D eigenvalue weighted by atomic mass is 16.8. The second-order valence-electron chi connectivity index (χ2n) is 6.65. The molecule has 0 aliphatic carbocycles. The molecule has 3 aliphatic rings. The van der Waals surface area contributed by atoms with E-state index in [1.165, 1.54) is 0 Å². The van der Waals surface area contributed by atoms with Crippen LogP contribution in [-0.4, -0.2) is 54.3 Å². The maximum absolute atomic E-state index is 9.23. The van der Waals surface area contributed by atoms with E-state index >= 15 is 0 Å². The Bertz CT molecular complexity index is 547. The summed E-state index contributed by atoms with van der Waals surface area (Å²) < 4.78 is 29.3. The van der Waals surface area contributed by atoms with Crippen molar-refractivity contribution in [3.05, 3.63) is 35.9 Å². The molecule has 23 heavy (non-hydrogen) atoms. The molecule has 0 spiro atoms. The quantitative estimate of drug-likeness (QED) is 0.822. The highest BCUT2D eigenvalue weighted by Crippen LogP contribution is 2.43. The third-order valence-corrected chi connectivity index (χ3v) is 4.44. The fourth-order valence-electron chi connectivity index (χ4n) is 3.32. The van der Waals surface area contributed by atoms with Crippen molar-refractivity contribution in [1.82, 2.24) is 0 Å². The lowest BCUT2D eigenvalue weighted by Gasteiger charge is -2.25. The molecule has 0 saturated carbocycles. The van der Waals surface area contributed by atoms with Crippen molar-refractivity contribution in [3.8, 4) is 0 Å². The molecule has 3 heterocycles. The molecule has 6 nitrogen and oxygen atoms in total. The van der Waals surface area contributed by atoms with Crippen LogP contribution in [-0.2, 0) is 30.3 Å². The number of ether oxygens (including phenoxy) is 5. The number of aliphatic hydroxyl groups is 1. The standard InChI is InChI=1S/C17H22O6/c1-17(2)22-15-13(19-9-10-6-4-3-5-7-10)14(21-16(15)23-17)12-11(8-18)20-12/h3-7,11-16,18H,8-9H2,1-2H3/t11-,12+,13+,14-,15-,16-/m1/s1. The van der Waals surface area contributed by atoms with Crippen molar-refractivity contribution >= 4 is 0 Å². The molecule has 4 rings (SSSR count). The SMILES string of the molecule is CC1(C)O[C@H]2O[C@H]([C@H]3O[C@@H]3CO)[C@H](OCc3ccccc3)[C@H]2O1. The van der Waals surface area contributed by atoms with Gasteiger partial charge in [0.25, 0.3) is 0 Å². The summed E-state index contributed by atoms with van der Waals surface area (Å²) in [5.74, 6) is -0.685. The Kier molecular flexibility index (Phi) is 3.91. The molecule has 0 bridgehead atoms. The van der Waals surface area contributed by atoms with Crippen molar-refractivity contribution < 1.29 is 28.8 Å². The molecule has 3 saturated heterocycles. The zero-order chi connectivity index (χ0) is 16.0. The van der Waals surface area contributed by atoms with Gasteiger partial charge in [0.2, 0.25) is 0 Å². The molecule has 3 aliphatic heterocycles. The van der Waals surface area contributed by atoms with E-state index in [2.05, 4.69) is 0 Å². The van der Waals surface area contributed by atoms with Crippen LogP contribution in [0.15, 0.2) is 30.3 Å². The Hall–Kier alpha value is -1.02. The summed E-state index contributed by atoms with van der Waals surface area (Å²) in [5.41, 5.74) is 1.09. The first kappa shape index (κ1) is 15.5. The van der Waals surface area contributed by atoms with Crippen LogP contribution < -0.4 is 0 Å². The Balaban J connectivity index is 1.47. The molecule has 1 N–H and O–H groups in total. The van der Waals surface area contributed by atoms with Gasteiger partial charge in [0.1, 0.15) is 30.5 Å². The van der Waals surface area contributed by atoms with Crippen LogP contribution in [0.1, 0.15) is 19.4 Å². The normalized spacial score (nSPS) is 41.0. The van der Waals surface area contributed by atoms with Gasteiger partial charge < -0.3 is 28.8 Å². The molecule has 126 valence electrons. The smallest absolute Gasteiger partial charge is 0.190 e. The van der Waals surface area contributed by atoms with E-state index in [0.717, 1.165) is 5.56 Å². The molecule has 0 amide bonds. The maximum atomic E-state index is 9.23. The van der Waals surface area contributed by atoms with Crippen LogP contribution in [0.5, 0.6) is 0 Å². The Morgan fingerprint density at radius 3 is 2.52 bits per heavy atom. The van der Waals surface area contributed by atoms with E-state index in [0.29, 0.717) is 6.61 Å². The van der Waals surface area contributed by atoms with Gasteiger partial charge in [-0.15, -0.1) is 0 Å². The van der Waals surface area contributed by atoms with Gasteiger partial charge in [-0.2, -0.15) is 0 Å². The van der Waals surface area contributed by atoms with Gasteiger partial charge in [-0.05, 0) is 19.4 Å². The zero-order valence-corrected chi connectivity index (χ0v) is 13.3. The Labute approximate surface area is 135 Å². The number of hydrogen-bond acceptors (Lipinski definition) is 6. The van der Waals surface area contributed by atoms with Gasteiger partial charge in [0, 0.05) is 0 Å². The van der Waals surface area contributed by atoms with Crippen molar-refractivity contribution in [2.45, 2.75) is 63.1 Å². The monoisotopic (exact) mass is 322 g/mol. The Morgan fingerprint density at radius 2 is 1.83 bits per heavy atom. The summed E-state index contributed by atoms with van der Waals surface area (Å²) in [5, 5.41) is 9.23. The topological polar surface area (TPSA) is 69.7 Å². The fraction of sp³-hybridized carbons (Fsp3) is 0.647. The number of hydrogen-bond donors (Lipinski definition) is 1. The molecule has 0 unspecified atom stereocenters. The number of rotatable bonds is 5. The summed E-state index contributed by atoms with van der Waals surface area (Å²) in [6.07, 6.45) is -1.68. The first-order chi connectivity index (χ1) is 11.1. The van der Waals surface area contributed by atoms with E-state index in [1.54, 1.807) is 0 Å². The van der Waals surface area contributed by atoms with Crippen molar-refractivity contribution in [2.24, 2.45) is 0 Å². The predicted molar refractivity (Wildman–Crippen MR) is 79.5 cm³/mol. The maximum Gasteiger partial charge on any atom is 0.190 e. The second kappa shape index (κ2) is 5.81. The highest BCUT2D eigenvalue weighted by molar-refractivity contribution is 5.14. The van der Waals surface area contributed by atoms with Crippen molar-refractivity contribution in [3.63, 3.8) is 0 Å². The van der Waals surface area contributed by atoms with Gasteiger partial charge in [-0.1, -0.05) is 30.3 Å². The zero-order valence-electron chi connectivity index (χ0n) is 13.3. The molecule has 6 atom stereocenters. The van der Waals surface area contributed by atoms with Crippen molar-refractivity contribution in [2.75, 3.05) is 6.61 Å². The third-order valence-electron chi connectivity index (χ3n) is 4.44. The van der Waals surface area contributed by atoms with Gasteiger partial charge >= 0.3 is 0 Å². The van der Waals surface area contributed by atoms with Crippen LogP contribution in [0.25, 0.3) is 0 Å². The first-order valence-corrected chi connectivity index (χ1v) is 8.00. The summed E-state index contributed by atoms with van der Waals surface area (Å²) in [6.45, 7) is 4.18. The molecule has 3 fully saturated rings. The Morgan fingerprint density at radius 1 is 1.04 bits per heavy atom. The largest absolute Gasteiger partial charge is 0.394 e. The number of benzene rings is 1. The predicted octanol–water partition coefficient (Wildman–Crippen LogP) is 1.21. The highest BCUT2D eigenvalue weighted by Gasteiger charge is 2.61. The average Bonchev–Trinajstić information content (AvgIpc) is 3.16. The molecular weight excluding hydrogens is 300 g/mol. The summed E-state index contributed by atoms with van der Waals surface area (Å²) in [4.78, 5) is 0. The minimum absolute atomic E-state index is 0.0154. The molecule has 1 aromatic rings. The van der Waals surface area contributed by atoms with Gasteiger partial charge in [0.05, 0.1) is 13.2 Å². The lowest BCUT2D eigenvalue weighted by atomic mass is 10.1. The summed E-state index contributed by atoms with van der Waals surface area (Å²) in [6, 6.07) is 9.97. The van der Waals surface area contributed by atoms with E-state index < -0.39 is 12.1 Å². The van der Waals surface area contributed by atoms with Gasteiger partial charge in [-0.3, -0.25) is 0 Å². The van der Waals surface area contributed by atoms with E-state index in [9.17, 15) is 5.11 Å². The number of epoxide rings is 1. The minimum Gasteiger partial charge on any atom is -0.394 e. The molecule has 6 heteroatoms. The molecule has 0 radical (unpaired) electrons. The molecule has 0 aromatic heterocycles. The first-order valence-electron chi connectivity index (χ1n) is 8.00. The number of aliphatic hydroxyl groups excluding tert-OH is 1. The van der Waals surface area contributed by atoms with Gasteiger partial charge in [0.15, 0.2) is 12.1 Å². The van der Waals surface area contributed by atoms with Crippen LogP contribution in [0.2, 0.25) is 0 Å². The lowest BCUT2D eigenvalue weighted by molar-refractivity contribution is -0.221. The van der Waals surface area contributed by atoms with Crippen LogP contribution in [0.3, 0.4) is 0 Å². The summed E-state index contributed by atoms with van der Waals surface area (Å²) >= 11 is 0. The van der Waals surface area contributed by atoms with Crippen LogP contribution in [0.4, 0.5) is 0 Å². The van der Waals surface area contributed by atoms with Crippen LogP contribution >= 0.6 is 0 Å². The third kappa shape index (κ3) is 3.03. The van der Waals surface area contributed by atoms with Crippen LogP contribution in [0, 0.1) is 0 Å².